The fraction of sp³-hybridized carbons (Fsp3) is 0.889. The third-order valence-corrected chi connectivity index (χ3v) is 4.68. The highest BCUT2D eigenvalue weighted by atomic mass is 32.2. The Morgan fingerprint density at radius 2 is 2.07 bits per heavy atom. The van der Waals surface area contributed by atoms with Gasteiger partial charge < -0.3 is 4.74 Å². The number of rotatable bonds is 6. The van der Waals surface area contributed by atoms with E-state index in [-0.39, 0.29) is 24.2 Å². The highest BCUT2D eigenvalue weighted by molar-refractivity contribution is 7.90. The van der Waals surface area contributed by atoms with E-state index in [1.165, 1.54) is 11.4 Å². The van der Waals surface area contributed by atoms with E-state index in [0.717, 1.165) is 12.8 Å². The first-order chi connectivity index (χ1) is 6.98. The second-order valence-corrected chi connectivity index (χ2v) is 5.94. The molecule has 0 N–H and O–H groups in total. The van der Waals surface area contributed by atoms with Crippen LogP contribution >= 0.6 is 0 Å². The second-order valence-electron chi connectivity index (χ2n) is 3.62. The largest absolute Gasteiger partial charge is 0.466 e. The quantitative estimate of drug-likeness (QED) is 0.624. The summed E-state index contributed by atoms with van der Waals surface area (Å²) in [4.78, 5) is 11.0. The summed E-state index contributed by atoms with van der Waals surface area (Å²) in [5.74, 6) is -0.352. The van der Waals surface area contributed by atoms with Gasteiger partial charge in [0.2, 0.25) is 10.0 Å². The van der Waals surface area contributed by atoms with Gasteiger partial charge in [-0.05, 0) is 19.8 Å². The number of ether oxygens (including phenoxy) is 1. The van der Waals surface area contributed by atoms with E-state index >= 15 is 0 Å². The summed E-state index contributed by atoms with van der Waals surface area (Å²) in [6.45, 7) is 2.26. The lowest BCUT2D eigenvalue weighted by Crippen LogP contribution is -2.32. The molecule has 0 aromatic carbocycles. The average Bonchev–Trinajstić information content (AvgIpc) is 2.97. The zero-order chi connectivity index (χ0) is 11.5. The number of carbonyl (C=O) groups excluding carboxylic acids is 1. The topological polar surface area (TPSA) is 63.7 Å². The molecule has 15 heavy (non-hydrogen) atoms. The van der Waals surface area contributed by atoms with Gasteiger partial charge in [-0.25, -0.2) is 12.7 Å². The van der Waals surface area contributed by atoms with Crippen molar-refractivity contribution in [1.82, 2.24) is 4.31 Å². The Kier molecular flexibility index (Phi) is 4.10. The van der Waals surface area contributed by atoms with E-state index in [9.17, 15) is 13.2 Å². The van der Waals surface area contributed by atoms with E-state index in [1.807, 2.05) is 0 Å². The van der Waals surface area contributed by atoms with Gasteiger partial charge in [-0.15, -0.1) is 0 Å². The van der Waals surface area contributed by atoms with Gasteiger partial charge in [0.1, 0.15) is 0 Å². The van der Waals surface area contributed by atoms with E-state index in [2.05, 4.69) is 0 Å². The molecule has 1 fully saturated rings. The van der Waals surface area contributed by atoms with Crippen LogP contribution in [0.25, 0.3) is 0 Å². The molecule has 88 valence electrons. The fourth-order valence-electron chi connectivity index (χ4n) is 1.23. The van der Waals surface area contributed by atoms with E-state index in [4.69, 9.17) is 4.74 Å². The van der Waals surface area contributed by atoms with Crippen LogP contribution in [0.3, 0.4) is 0 Å². The molecule has 1 saturated carbocycles. The normalized spacial score (nSPS) is 16.7. The number of hydrogen-bond acceptors (Lipinski definition) is 4. The van der Waals surface area contributed by atoms with Crippen LogP contribution < -0.4 is 0 Å². The fourth-order valence-corrected chi connectivity index (χ4v) is 2.82. The van der Waals surface area contributed by atoms with Crippen LogP contribution in [0, 0.1) is 0 Å². The van der Waals surface area contributed by atoms with Crippen molar-refractivity contribution in [3.63, 3.8) is 0 Å². The Morgan fingerprint density at radius 1 is 1.47 bits per heavy atom. The third-order valence-electron chi connectivity index (χ3n) is 2.32. The standard InChI is InChI=1S/C9H17NO4S/c1-3-14-9(11)6-7-10(2)15(12,13)8-4-5-8/h8H,3-7H2,1-2H3. The molecule has 0 saturated heterocycles. The summed E-state index contributed by atoms with van der Waals surface area (Å²) < 4.78 is 29.2. The lowest BCUT2D eigenvalue weighted by atomic mass is 10.4. The first-order valence-corrected chi connectivity index (χ1v) is 6.59. The summed E-state index contributed by atoms with van der Waals surface area (Å²) in [7, 11) is -1.64. The molecule has 0 spiro atoms. The van der Waals surface area contributed by atoms with Gasteiger partial charge in [-0.1, -0.05) is 0 Å². The first-order valence-electron chi connectivity index (χ1n) is 5.09. The highest BCUT2D eigenvalue weighted by Gasteiger charge is 2.38. The molecular formula is C9H17NO4S. The number of hydrogen-bond donors (Lipinski definition) is 0. The van der Waals surface area contributed by atoms with Crippen LogP contribution in [0.5, 0.6) is 0 Å². The summed E-state index contributed by atoms with van der Waals surface area (Å²) >= 11 is 0. The lowest BCUT2D eigenvalue weighted by Gasteiger charge is -2.15. The smallest absolute Gasteiger partial charge is 0.307 e. The molecule has 0 aromatic heterocycles. The summed E-state index contributed by atoms with van der Waals surface area (Å²) in [5, 5.41) is -0.218. The minimum Gasteiger partial charge on any atom is -0.466 e. The Hall–Kier alpha value is -0.620. The first kappa shape index (κ1) is 12.4. The zero-order valence-electron chi connectivity index (χ0n) is 9.10. The maximum absolute atomic E-state index is 11.6. The Bertz CT molecular complexity index is 321. The summed E-state index contributed by atoms with van der Waals surface area (Å²) in [6.07, 6.45) is 1.61. The Labute approximate surface area is 90.4 Å². The van der Waals surface area contributed by atoms with E-state index in [0.29, 0.717) is 6.61 Å². The molecule has 1 aliphatic carbocycles. The van der Waals surface area contributed by atoms with Crippen molar-refractivity contribution < 1.29 is 17.9 Å². The maximum atomic E-state index is 11.6. The maximum Gasteiger partial charge on any atom is 0.307 e. The molecule has 0 unspecified atom stereocenters. The molecule has 0 amide bonds. The van der Waals surface area contributed by atoms with Gasteiger partial charge in [-0.2, -0.15) is 0 Å². The molecule has 0 bridgehead atoms. The van der Waals surface area contributed by atoms with E-state index < -0.39 is 10.0 Å². The van der Waals surface area contributed by atoms with E-state index in [1.54, 1.807) is 6.92 Å². The number of nitrogens with zero attached hydrogens (tertiary/aromatic N) is 1. The van der Waals surface area contributed by atoms with Crippen LogP contribution in [0.2, 0.25) is 0 Å². The van der Waals surface area contributed by atoms with Crippen molar-refractivity contribution in [2.45, 2.75) is 31.4 Å². The van der Waals surface area contributed by atoms with Gasteiger partial charge in [0.15, 0.2) is 0 Å². The molecule has 6 heteroatoms. The van der Waals surface area contributed by atoms with Crippen molar-refractivity contribution in [3.8, 4) is 0 Å². The van der Waals surface area contributed by atoms with Crippen LogP contribution in [0.1, 0.15) is 26.2 Å². The van der Waals surface area contributed by atoms with Crippen molar-refractivity contribution in [2.75, 3.05) is 20.2 Å². The Morgan fingerprint density at radius 3 is 2.53 bits per heavy atom. The van der Waals surface area contributed by atoms with Gasteiger partial charge in [0.25, 0.3) is 0 Å². The van der Waals surface area contributed by atoms with Crippen molar-refractivity contribution in [2.24, 2.45) is 0 Å². The third kappa shape index (κ3) is 3.46. The minimum atomic E-state index is -3.15. The van der Waals surface area contributed by atoms with Crippen molar-refractivity contribution in [1.29, 1.82) is 0 Å². The van der Waals surface area contributed by atoms with Crippen LogP contribution in [0.15, 0.2) is 0 Å². The monoisotopic (exact) mass is 235 g/mol. The van der Waals surface area contributed by atoms with Crippen LogP contribution in [0.4, 0.5) is 0 Å². The predicted octanol–water partition coefficient (Wildman–Crippen LogP) is 0.364. The second kappa shape index (κ2) is 4.94. The predicted molar refractivity (Wildman–Crippen MR) is 55.8 cm³/mol. The van der Waals surface area contributed by atoms with Crippen molar-refractivity contribution in [3.05, 3.63) is 0 Å². The van der Waals surface area contributed by atoms with Gasteiger partial charge >= 0.3 is 5.97 Å². The number of esters is 1. The van der Waals surface area contributed by atoms with Gasteiger partial charge in [-0.3, -0.25) is 4.79 Å². The number of carbonyl (C=O) groups is 1. The van der Waals surface area contributed by atoms with Crippen molar-refractivity contribution >= 4 is 16.0 Å². The molecule has 1 aliphatic rings. The average molecular weight is 235 g/mol. The zero-order valence-corrected chi connectivity index (χ0v) is 9.92. The summed E-state index contributed by atoms with van der Waals surface area (Å²) in [5.41, 5.74) is 0. The van der Waals surface area contributed by atoms with Crippen LogP contribution in [-0.2, 0) is 19.6 Å². The SMILES string of the molecule is CCOC(=O)CCN(C)S(=O)(=O)C1CC1. The lowest BCUT2D eigenvalue weighted by molar-refractivity contribution is -0.143. The molecule has 0 radical (unpaired) electrons. The van der Waals surface area contributed by atoms with Gasteiger partial charge in [0.05, 0.1) is 18.3 Å². The molecule has 0 heterocycles. The molecule has 0 atom stereocenters. The molecular weight excluding hydrogens is 218 g/mol. The molecule has 5 nitrogen and oxygen atoms in total. The highest BCUT2D eigenvalue weighted by Crippen LogP contribution is 2.30. The molecule has 1 rings (SSSR count). The summed E-state index contributed by atoms with van der Waals surface area (Å²) in [6, 6.07) is 0. The van der Waals surface area contributed by atoms with Crippen LogP contribution in [-0.4, -0.2) is 44.1 Å². The number of sulfonamides is 1. The minimum absolute atomic E-state index is 0.121. The molecule has 0 aromatic rings. The molecule has 0 aliphatic heterocycles. The Balaban J connectivity index is 2.35. The van der Waals surface area contributed by atoms with Gasteiger partial charge in [0, 0.05) is 13.6 Å².